The van der Waals surface area contributed by atoms with Crippen molar-refractivity contribution < 1.29 is 48.7 Å². The zero-order valence-corrected chi connectivity index (χ0v) is 15.4. The van der Waals surface area contributed by atoms with Gasteiger partial charge in [0.2, 0.25) is 0 Å². The van der Waals surface area contributed by atoms with Gasteiger partial charge in [-0.15, -0.1) is 0 Å². The van der Waals surface area contributed by atoms with Crippen molar-refractivity contribution in [3.8, 4) is 0 Å². The number of Topliss-reactive ketones (excluding diaryl/α,β-unsaturated/α-hetero) is 1. The number of ketones is 1. The van der Waals surface area contributed by atoms with E-state index in [4.69, 9.17) is 11.6 Å². The average molecular weight is 350 g/mol. The molecular weight excluding hydrogens is 337 g/mol. The minimum Gasteiger partial charge on any atom is -1.00 e. The fourth-order valence-corrected chi connectivity index (χ4v) is 2.78. The van der Waals surface area contributed by atoms with E-state index in [-0.39, 0.29) is 36.7 Å². The molecule has 0 aliphatic rings. The SMILES string of the molecule is O=C(CC(c1ccccn1)S(=O)(=O)O)c1ccc(Cl)cc1.[H-].[Na+]. The molecule has 1 atom stereocenters. The van der Waals surface area contributed by atoms with Gasteiger partial charge in [-0.2, -0.15) is 8.42 Å². The van der Waals surface area contributed by atoms with Gasteiger partial charge in [0.25, 0.3) is 10.1 Å². The number of carbonyl (C=O) groups is 1. The summed E-state index contributed by atoms with van der Waals surface area (Å²) < 4.78 is 32.3. The first-order valence-corrected chi connectivity index (χ1v) is 7.92. The Kier molecular flexibility index (Phi) is 7.18. The molecule has 2 aromatic rings. The van der Waals surface area contributed by atoms with Crippen LogP contribution < -0.4 is 29.6 Å². The summed E-state index contributed by atoms with van der Waals surface area (Å²) in [7, 11) is -4.44. The third-order valence-corrected chi connectivity index (χ3v) is 4.29. The number of hydrogen-bond acceptors (Lipinski definition) is 4. The minimum atomic E-state index is -4.44. The Morgan fingerprint density at radius 3 is 2.36 bits per heavy atom. The molecule has 0 aliphatic carbocycles. The van der Waals surface area contributed by atoms with Crippen molar-refractivity contribution in [1.82, 2.24) is 4.98 Å². The molecule has 2 rings (SSSR count). The number of rotatable bonds is 5. The summed E-state index contributed by atoms with van der Waals surface area (Å²) in [4.78, 5) is 16.0. The van der Waals surface area contributed by atoms with E-state index in [1.165, 1.54) is 36.5 Å². The molecule has 1 N–H and O–H groups in total. The predicted octanol–water partition coefficient (Wildman–Crippen LogP) is 0.0534. The van der Waals surface area contributed by atoms with Crippen molar-refractivity contribution in [3.05, 3.63) is 64.9 Å². The topological polar surface area (TPSA) is 84.3 Å². The molecule has 1 aromatic carbocycles. The van der Waals surface area contributed by atoms with Gasteiger partial charge < -0.3 is 1.43 Å². The van der Waals surface area contributed by atoms with Crippen LogP contribution in [0, 0.1) is 0 Å². The van der Waals surface area contributed by atoms with Gasteiger partial charge in [-0.05, 0) is 36.4 Å². The van der Waals surface area contributed by atoms with E-state index in [1.807, 2.05) is 0 Å². The van der Waals surface area contributed by atoms with Gasteiger partial charge in [-0.3, -0.25) is 14.3 Å². The second-order valence-corrected chi connectivity index (χ2v) is 6.43. The molecule has 0 saturated heterocycles. The third kappa shape index (κ3) is 5.15. The molecule has 112 valence electrons. The summed E-state index contributed by atoms with van der Waals surface area (Å²) in [6.45, 7) is 0. The smallest absolute Gasteiger partial charge is 1.00 e. The molecule has 5 nitrogen and oxygen atoms in total. The Morgan fingerprint density at radius 1 is 1.23 bits per heavy atom. The number of nitrogens with zero attached hydrogens (tertiary/aromatic N) is 1. The van der Waals surface area contributed by atoms with Crippen molar-refractivity contribution in [3.63, 3.8) is 0 Å². The summed E-state index contributed by atoms with van der Waals surface area (Å²) in [6.07, 6.45) is 1.01. The molecule has 22 heavy (non-hydrogen) atoms. The van der Waals surface area contributed by atoms with Gasteiger partial charge in [-0.1, -0.05) is 17.7 Å². The average Bonchev–Trinajstić information content (AvgIpc) is 2.45. The maximum absolute atomic E-state index is 12.1. The van der Waals surface area contributed by atoms with Gasteiger partial charge in [-0.25, -0.2) is 0 Å². The number of benzene rings is 1. The van der Waals surface area contributed by atoms with Crippen molar-refractivity contribution in [1.29, 1.82) is 0 Å². The molecule has 1 unspecified atom stereocenters. The first-order chi connectivity index (χ1) is 9.88. The number of halogens is 1. The van der Waals surface area contributed by atoms with E-state index < -0.39 is 27.6 Å². The third-order valence-electron chi connectivity index (χ3n) is 2.91. The predicted molar refractivity (Wildman–Crippen MR) is 80.0 cm³/mol. The van der Waals surface area contributed by atoms with Gasteiger partial charge >= 0.3 is 29.6 Å². The summed E-state index contributed by atoms with van der Waals surface area (Å²) in [5.74, 6) is -0.417. The Balaban J connectivity index is 0.00000242. The monoisotopic (exact) mass is 349 g/mol. The largest absolute Gasteiger partial charge is 1.00 e. The summed E-state index contributed by atoms with van der Waals surface area (Å²) in [6, 6.07) is 10.7. The molecule has 0 bridgehead atoms. The molecule has 0 amide bonds. The van der Waals surface area contributed by atoms with E-state index in [1.54, 1.807) is 12.1 Å². The van der Waals surface area contributed by atoms with Crippen molar-refractivity contribution in [2.24, 2.45) is 0 Å². The Bertz CT molecular complexity index is 741. The molecular formula is C14H13ClNNaO4S. The summed E-state index contributed by atoms with van der Waals surface area (Å²) in [5, 5.41) is -0.913. The molecule has 0 spiro atoms. The number of aromatic nitrogens is 1. The maximum atomic E-state index is 12.1. The van der Waals surface area contributed by atoms with Gasteiger partial charge in [0.15, 0.2) is 5.78 Å². The molecule has 0 radical (unpaired) electrons. The minimum absolute atomic E-state index is 0. The van der Waals surface area contributed by atoms with E-state index in [9.17, 15) is 17.8 Å². The van der Waals surface area contributed by atoms with Gasteiger partial charge in [0, 0.05) is 23.2 Å². The van der Waals surface area contributed by atoms with Gasteiger partial charge in [0.05, 0.1) is 5.69 Å². The summed E-state index contributed by atoms with van der Waals surface area (Å²) >= 11 is 5.73. The fourth-order valence-electron chi connectivity index (χ4n) is 1.85. The Labute approximate surface area is 157 Å². The number of hydrogen-bond donors (Lipinski definition) is 1. The van der Waals surface area contributed by atoms with E-state index in [0.29, 0.717) is 10.6 Å². The fraction of sp³-hybridized carbons (Fsp3) is 0.143. The molecule has 8 heteroatoms. The number of pyridine rings is 1. The first-order valence-electron chi connectivity index (χ1n) is 6.04. The van der Waals surface area contributed by atoms with Crippen LogP contribution >= 0.6 is 11.6 Å². The molecule has 0 aliphatic heterocycles. The second kappa shape index (κ2) is 8.19. The Morgan fingerprint density at radius 2 is 1.86 bits per heavy atom. The maximum Gasteiger partial charge on any atom is 1.00 e. The van der Waals surface area contributed by atoms with E-state index in [2.05, 4.69) is 4.98 Å². The summed E-state index contributed by atoms with van der Waals surface area (Å²) in [5.41, 5.74) is 0.450. The molecule has 1 heterocycles. The molecule has 0 fully saturated rings. The van der Waals surface area contributed by atoms with Crippen LogP contribution in [-0.4, -0.2) is 23.7 Å². The quantitative estimate of drug-likeness (QED) is 0.468. The first kappa shape index (κ1) is 19.3. The van der Waals surface area contributed by atoms with Crippen LogP contribution in [0.1, 0.15) is 29.1 Å². The zero-order valence-electron chi connectivity index (χ0n) is 12.8. The normalized spacial score (nSPS) is 12.3. The van der Waals surface area contributed by atoms with Crippen LogP contribution in [0.2, 0.25) is 5.02 Å². The molecule has 0 saturated carbocycles. The van der Waals surface area contributed by atoms with Crippen molar-refractivity contribution >= 4 is 27.5 Å². The van der Waals surface area contributed by atoms with Crippen LogP contribution in [0.25, 0.3) is 0 Å². The second-order valence-electron chi connectivity index (χ2n) is 4.39. The van der Waals surface area contributed by atoms with Crippen LogP contribution in [0.15, 0.2) is 48.7 Å². The van der Waals surface area contributed by atoms with E-state index in [0.717, 1.165) is 0 Å². The van der Waals surface area contributed by atoms with Crippen LogP contribution in [0.5, 0.6) is 0 Å². The van der Waals surface area contributed by atoms with E-state index >= 15 is 0 Å². The van der Waals surface area contributed by atoms with Crippen molar-refractivity contribution in [2.75, 3.05) is 0 Å². The van der Waals surface area contributed by atoms with Crippen LogP contribution in [-0.2, 0) is 10.1 Å². The standard InChI is InChI=1S/C14H12ClNO4S.Na.H/c15-11-6-4-10(5-7-11)13(17)9-14(21(18,19)20)12-3-1-2-8-16-12;;/h1-8,14H,9H2,(H,18,19,20);;/q;+1;-1. The Hall–Kier alpha value is -0.760. The zero-order chi connectivity index (χ0) is 15.5. The van der Waals surface area contributed by atoms with Crippen LogP contribution in [0.3, 0.4) is 0 Å². The number of carbonyl (C=O) groups excluding carboxylic acids is 1. The molecule has 1 aromatic heterocycles. The van der Waals surface area contributed by atoms with Crippen molar-refractivity contribution in [2.45, 2.75) is 11.7 Å². The van der Waals surface area contributed by atoms with Gasteiger partial charge in [0.1, 0.15) is 5.25 Å². The van der Waals surface area contributed by atoms with Crippen LogP contribution in [0.4, 0.5) is 0 Å².